The number of carbonyl (C=O) groups excluding carboxylic acids is 2. The number of aliphatic hydroxyl groups is 1. The van der Waals surface area contributed by atoms with Gasteiger partial charge in [-0.1, -0.05) is 32.1 Å². The number of aliphatic hydroxyl groups excluding tert-OH is 1. The molecule has 1 aliphatic heterocycles. The summed E-state index contributed by atoms with van der Waals surface area (Å²) in [6.07, 6.45) is 8.66. The van der Waals surface area contributed by atoms with Crippen LogP contribution in [-0.4, -0.2) is 59.0 Å². The Morgan fingerprint density at radius 2 is 1.64 bits per heavy atom. The van der Waals surface area contributed by atoms with E-state index in [4.69, 9.17) is 0 Å². The minimum atomic E-state index is -0.947. The van der Waals surface area contributed by atoms with Crippen molar-refractivity contribution in [3.05, 3.63) is 0 Å². The molecule has 0 radical (unpaired) electrons. The van der Waals surface area contributed by atoms with Gasteiger partial charge in [0.25, 0.3) is 5.91 Å². The van der Waals surface area contributed by atoms with Crippen LogP contribution in [0, 0.1) is 5.92 Å². The van der Waals surface area contributed by atoms with Crippen molar-refractivity contribution >= 4 is 11.8 Å². The molecule has 1 heterocycles. The molecule has 1 aliphatic carbocycles. The number of rotatable bonds is 5. The summed E-state index contributed by atoms with van der Waals surface area (Å²) >= 11 is 0. The van der Waals surface area contributed by atoms with Crippen molar-refractivity contribution in [2.24, 2.45) is 5.92 Å². The number of nitrogens with zero attached hydrogens (tertiary/aromatic N) is 2. The van der Waals surface area contributed by atoms with E-state index in [1.165, 1.54) is 45.4 Å². The second-order valence-corrected chi connectivity index (χ2v) is 6.78. The van der Waals surface area contributed by atoms with Gasteiger partial charge >= 0.3 is 0 Å². The Morgan fingerprint density at radius 1 is 1.05 bits per heavy atom. The molecule has 0 bridgehead atoms. The molecule has 2 rings (SSSR count). The Morgan fingerprint density at radius 3 is 2.23 bits per heavy atom. The molecule has 0 aromatic rings. The molecule has 2 amide bonds. The SMILES string of the molecule is CC(O)C(=O)N1CCN(C(=O)CCCC2CCCCC2)CC1. The van der Waals surface area contributed by atoms with Crippen LogP contribution in [0.25, 0.3) is 0 Å². The lowest BCUT2D eigenvalue weighted by Crippen LogP contribution is -2.52. The molecule has 5 heteroatoms. The summed E-state index contributed by atoms with van der Waals surface area (Å²) < 4.78 is 0. The first-order chi connectivity index (χ1) is 10.6. The fraction of sp³-hybridized carbons (Fsp3) is 0.882. The zero-order chi connectivity index (χ0) is 15.9. The first-order valence-electron chi connectivity index (χ1n) is 8.82. The Balaban J connectivity index is 1.63. The molecular formula is C17H30N2O3. The zero-order valence-corrected chi connectivity index (χ0v) is 13.8. The van der Waals surface area contributed by atoms with Crippen molar-refractivity contribution in [2.45, 2.75) is 64.4 Å². The van der Waals surface area contributed by atoms with E-state index in [1.807, 2.05) is 4.90 Å². The Labute approximate surface area is 133 Å². The van der Waals surface area contributed by atoms with Gasteiger partial charge in [0.15, 0.2) is 0 Å². The van der Waals surface area contributed by atoms with E-state index in [-0.39, 0.29) is 11.8 Å². The lowest BCUT2D eigenvalue weighted by Gasteiger charge is -2.35. The predicted molar refractivity (Wildman–Crippen MR) is 85.3 cm³/mol. The lowest BCUT2D eigenvalue weighted by atomic mass is 9.86. The third kappa shape index (κ3) is 4.97. The smallest absolute Gasteiger partial charge is 0.251 e. The van der Waals surface area contributed by atoms with E-state index < -0.39 is 6.10 Å². The van der Waals surface area contributed by atoms with Crippen LogP contribution in [0.15, 0.2) is 0 Å². The molecule has 2 fully saturated rings. The highest BCUT2D eigenvalue weighted by molar-refractivity contribution is 5.81. The molecule has 1 atom stereocenters. The molecule has 0 aromatic heterocycles. The van der Waals surface area contributed by atoms with Gasteiger partial charge in [-0.3, -0.25) is 9.59 Å². The van der Waals surface area contributed by atoms with Crippen LogP contribution in [0.3, 0.4) is 0 Å². The predicted octanol–water partition coefficient (Wildman–Crippen LogP) is 1.79. The number of hydrogen-bond donors (Lipinski definition) is 1. The highest BCUT2D eigenvalue weighted by atomic mass is 16.3. The topological polar surface area (TPSA) is 60.9 Å². The van der Waals surface area contributed by atoms with Gasteiger partial charge in [-0.2, -0.15) is 0 Å². The highest BCUT2D eigenvalue weighted by Crippen LogP contribution is 2.27. The van der Waals surface area contributed by atoms with Gasteiger partial charge in [0.1, 0.15) is 6.10 Å². The third-order valence-electron chi connectivity index (χ3n) is 5.03. The largest absolute Gasteiger partial charge is 0.384 e. The van der Waals surface area contributed by atoms with Crippen molar-refractivity contribution in [2.75, 3.05) is 26.2 Å². The van der Waals surface area contributed by atoms with E-state index in [1.54, 1.807) is 4.90 Å². The van der Waals surface area contributed by atoms with Crippen LogP contribution in [0.2, 0.25) is 0 Å². The van der Waals surface area contributed by atoms with Gasteiger partial charge in [0.2, 0.25) is 5.91 Å². The number of amides is 2. The fourth-order valence-electron chi connectivity index (χ4n) is 3.62. The van der Waals surface area contributed by atoms with Gasteiger partial charge in [-0.05, 0) is 25.7 Å². The van der Waals surface area contributed by atoms with Crippen LogP contribution in [0.5, 0.6) is 0 Å². The summed E-state index contributed by atoms with van der Waals surface area (Å²) in [5, 5.41) is 9.32. The van der Waals surface area contributed by atoms with E-state index in [9.17, 15) is 14.7 Å². The molecule has 2 aliphatic rings. The van der Waals surface area contributed by atoms with Crippen molar-refractivity contribution in [1.29, 1.82) is 0 Å². The lowest BCUT2D eigenvalue weighted by molar-refractivity contribution is -0.144. The van der Waals surface area contributed by atoms with Crippen molar-refractivity contribution in [3.63, 3.8) is 0 Å². The second kappa shape index (κ2) is 8.51. The maximum Gasteiger partial charge on any atom is 0.251 e. The van der Waals surface area contributed by atoms with E-state index in [0.29, 0.717) is 32.6 Å². The van der Waals surface area contributed by atoms with Crippen molar-refractivity contribution < 1.29 is 14.7 Å². The van der Waals surface area contributed by atoms with Crippen LogP contribution in [-0.2, 0) is 9.59 Å². The van der Waals surface area contributed by atoms with Crippen LogP contribution >= 0.6 is 0 Å². The summed E-state index contributed by atoms with van der Waals surface area (Å²) in [6, 6.07) is 0. The summed E-state index contributed by atoms with van der Waals surface area (Å²) in [4.78, 5) is 27.4. The summed E-state index contributed by atoms with van der Waals surface area (Å²) in [7, 11) is 0. The van der Waals surface area contributed by atoms with Crippen LogP contribution < -0.4 is 0 Å². The fourth-order valence-corrected chi connectivity index (χ4v) is 3.62. The maximum atomic E-state index is 12.2. The molecule has 22 heavy (non-hydrogen) atoms. The Bertz CT molecular complexity index is 370. The molecule has 0 aromatic carbocycles. The van der Waals surface area contributed by atoms with Crippen molar-refractivity contribution in [1.82, 2.24) is 9.80 Å². The van der Waals surface area contributed by atoms with Gasteiger partial charge in [-0.15, -0.1) is 0 Å². The van der Waals surface area contributed by atoms with Gasteiger partial charge in [0, 0.05) is 32.6 Å². The summed E-state index contributed by atoms with van der Waals surface area (Å²) in [5.74, 6) is 0.825. The standard InChI is InChI=1S/C17H30N2O3/c1-14(20)17(22)19-12-10-18(11-13-19)16(21)9-5-8-15-6-3-2-4-7-15/h14-15,20H,2-13H2,1H3. The quantitative estimate of drug-likeness (QED) is 0.842. The van der Waals surface area contributed by atoms with Gasteiger partial charge in [0.05, 0.1) is 0 Å². The molecule has 0 spiro atoms. The minimum absolute atomic E-state index is 0.222. The number of hydrogen-bond acceptors (Lipinski definition) is 3. The average molecular weight is 310 g/mol. The van der Waals surface area contributed by atoms with Crippen molar-refractivity contribution in [3.8, 4) is 0 Å². The first-order valence-corrected chi connectivity index (χ1v) is 8.82. The third-order valence-corrected chi connectivity index (χ3v) is 5.03. The second-order valence-electron chi connectivity index (χ2n) is 6.78. The molecule has 5 nitrogen and oxygen atoms in total. The van der Waals surface area contributed by atoms with Gasteiger partial charge < -0.3 is 14.9 Å². The molecule has 1 N–H and O–H groups in total. The highest BCUT2D eigenvalue weighted by Gasteiger charge is 2.25. The Hall–Kier alpha value is -1.10. The van der Waals surface area contributed by atoms with Crippen LogP contribution in [0.1, 0.15) is 58.3 Å². The van der Waals surface area contributed by atoms with E-state index in [2.05, 4.69) is 0 Å². The normalized spacial score (nSPS) is 21.7. The van der Waals surface area contributed by atoms with E-state index in [0.717, 1.165) is 12.3 Å². The zero-order valence-electron chi connectivity index (χ0n) is 13.8. The van der Waals surface area contributed by atoms with Gasteiger partial charge in [-0.25, -0.2) is 0 Å². The molecule has 126 valence electrons. The number of piperazine rings is 1. The average Bonchev–Trinajstić information content (AvgIpc) is 2.55. The first kappa shape index (κ1) is 17.3. The van der Waals surface area contributed by atoms with Crippen LogP contribution in [0.4, 0.5) is 0 Å². The Kier molecular flexibility index (Phi) is 6.68. The number of carbonyl (C=O) groups is 2. The molecule has 1 saturated carbocycles. The molecule has 1 saturated heterocycles. The summed E-state index contributed by atoms with van der Waals surface area (Å²) in [5.41, 5.74) is 0. The summed E-state index contributed by atoms with van der Waals surface area (Å²) in [6.45, 7) is 3.77. The van der Waals surface area contributed by atoms with E-state index >= 15 is 0 Å². The minimum Gasteiger partial charge on any atom is -0.384 e. The maximum absolute atomic E-state index is 12.2. The molecular weight excluding hydrogens is 280 g/mol. The monoisotopic (exact) mass is 310 g/mol. The molecule has 1 unspecified atom stereocenters.